The van der Waals surface area contributed by atoms with E-state index in [1.54, 1.807) is 0 Å². The Morgan fingerprint density at radius 2 is 2.00 bits per heavy atom. The fourth-order valence-electron chi connectivity index (χ4n) is 4.94. The van der Waals surface area contributed by atoms with Crippen molar-refractivity contribution in [2.24, 2.45) is 5.92 Å². The van der Waals surface area contributed by atoms with E-state index in [2.05, 4.69) is 38.7 Å². The average Bonchev–Trinajstić information content (AvgIpc) is 3.47. The van der Waals surface area contributed by atoms with Crippen LogP contribution in [-0.4, -0.2) is 44.9 Å². The van der Waals surface area contributed by atoms with Crippen LogP contribution in [0.15, 0.2) is 18.2 Å². The van der Waals surface area contributed by atoms with Gasteiger partial charge in [-0.3, -0.25) is 9.69 Å². The van der Waals surface area contributed by atoms with Gasteiger partial charge in [-0.2, -0.15) is 0 Å². The van der Waals surface area contributed by atoms with Gasteiger partial charge < -0.3 is 5.32 Å². The van der Waals surface area contributed by atoms with Crippen LogP contribution in [0, 0.1) is 12.8 Å². The van der Waals surface area contributed by atoms with Gasteiger partial charge in [0.1, 0.15) is 0 Å². The fourth-order valence-corrected chi connectivity index (χ4v) is 4.94. The van der Waals surface area contributed by atoms with E-state index in [1.165, 1.54) is 49.8 Å². The van der Waals surface area contributed by atoms with E-state index >= 15 is 0 Å². The third kappa shape index (κ3) is 3.95. The highest BCUT2D eigenvalue weighted by Crippen LogP contribution is 2.32. The number of aromatic nitrogens is 3. The normalized spacial score (nSPS) is 20.4. The molecule has 5 rings (SSSR count). The maximum Gasteiger partial charge on any atom is 0.273 e. The zero-order valence-corrected chi connectivity index (χ0v) is 17.4. The number of fused-ring (bicyclic) bond motifs is 1. The smallest absolute Gasteiger partial charge is 0.273 e. The quantitative estimate of drug-likeness (QED) is 0.846. The minimum atomic E-state index is -0.0824. The van der Waals surface area contributed by atoms with Gasteiger partial charge in [-0.05, 0) is 62.1 Å². The lowest BCUT2D eigenvalue weighted by molar-refractivity contribution is 0.0922. The number of amides is 1. The molecule has 0 unspecified atom stereocenters. The lowest BCUT2D eigenvalue weighted by atomic mass is 9.95. The van der Waals surface area contributed by atoms with Crippen molar-refractivity contribution in [3.63, 3.8) is 0 Å². The van der Waals surface area contributed by atoms with Crippen LogP contribution in [-0.2, 0) is 13.0 Å². The number of hydrogen-bond acceptors (Lipinski definition) is 4. The zero-order valence-electron chi connectivity index (χ0n) is 17.4. The number of carbonyl (C=O) groups excluding carboxylic acids is 1. The van der Waals surface area contributed by atoms with E-state index in [0.717, 1.165) is 49.7 Å². The molecule has 29 heavy (non-hydrogen) atoms. The lowest BCUT2D eigenvalue weighted by Gasteiger charge is -2.30. The highest BCUT2D eigenvalue weighted by molar-refractivity contribution is 5.93. The zero-order chi connectivity index (χ0) is 19.8. The van der Waals surface area contributed by atoms with E-state index in [9.17, 15) is 4.79 Å². The molecule has 0 bridgehead atoms. The molecule has 1 aliphatic heterocycles. The summed E-state index contributed by atoms with van der Waals surface area (Å²) < 4.78 is 1.87. The van der Waals surface area contributed by atoms with Gasteiger partial charge in [-0.25, -0.2) is 4.68 Å². The molecule has 1 N–H and O–H groups in total. The summed E-state index contributed by atoms with van der Waals surface area (Å²) in [5.41, 5.74) is 5.10. The van der Waals surface area contributed by atoms with Gasteiger partial charge in [-0.15, -0.1) is 5.10 Å². The first kappa shape index (κ1) is 18.8. The Morgan fingerprint density at radius 1 is 1.17 bits per heavy atom. The van der Waals surface area contributed by atoms with Gasteiger partial charge in [0, 0.05) is 25.7 Å². The minimum absolute atomic E-state index is 0.0824. The first-order valence-electron chi connectivity index (χ1n) is 11.3. The number of nitrogens with zero attached hydrogens (tertiary/aromatic N) is 4. The maximum absolute atomic E-state index is 12.8. The van der Waals surface area contributed by atoms with Gasteiger partial charge >= 0.3 is 0 Å². The molecule has 3 aliphatic rings. The number of benzene rings is 1. The molecule has 2 aromatic rings. The number of rotatable bonds is 5. The molecule has 2 aliphatic carbocycles. The van der Waals surface area contributed by atoms with Crippen molar-refractivity contribution in [2.45, 2.75) is 70.9 Å². The van der Waals surface area contributed by atoms with Gasteiger partial charge in [-0.1, -0.05) is 36.6 Å². The number of hydrogen-bond donors (Lipinski definition) is 1. The molecular formula is C23H31N5O. The summed E-state index contributed by atoms with van der Waals surface area (Å²) in [4.78, 5) is 15.4. The van der Waals surface area contributed by atoms with E-state index in [4.69, 9.17) is 0 Å². The molecule has 6 heteroatoms. The summed E-state index contributed by atoms with van der Waals surface area (Å²) in [6.07, 6.45) is 9.64. The molecule has 0 atom stereocenters. The van der Waals surface area contributed by atoms with Crippen molar-refractivity contribution in [3.8, 4) is 5.69 Å². The molecule has 1 amide bonds. The standard InChI is InChI=1S/C23H31N5O/c1-16-22(23(29)24-19-7-3-2-4-8-19)25-26-28(16)21-9-5-6-18-15-27(13-12-20(18)21)14-17-10-11-17/h5-6,9,17,19H,2-4,7-8,10-15H2,1H3,(H,24,29). The van der Waals surface area contributed by atoms with E-state index in [1.807, 2.05) is 11.6 Å². The summed E-state index contributed by atoms with van der Waals surface area (Å²) >= 11 is 0. The molecule has 1 aromatic heterocycles. The van der Waals surface area contributed by atoms with Gasteiger partial charge in [0.25, 0.3) is 5.91 Å². The third-order valence-electron chi connectivity index (χ3n) is 6.81. The van der Waals surface area contributed by atoms with Crippen molar-refractivity contribution in [3.05, 3.63) is 40.7 Å². The monoisotopic (exact) mass is 393 g/mol. The second-order valence-electron chi connectivity index (χ2n) is 9.09. The van der Waals surface area contributed by atoms with Crippen molar-refractivity contribution in [1.29, 1.82) is 0 Å². The largest absolute Gasteiger partial charge is 0.348 e. The predicted octanol–water partition coefficient (Wildman–Crippen LogP) is 3.41. The van der Waals surface area contributed by atoms with Gasteiger partial charge in [0.2, 0.25) is 0 Å². The third-order valence-corrected chi connectivity index (χ3v) is 6.81. The van der Waals surface area contributed by atoms with E-state index < -0.39 is 0 Å². The Bertz CT molecular complexity index is 895. The first-order valence-corrected chi connectivity index (χ1v) is 11.3. The van der Waals surface area contributed by atoms with Crippen LogP contribution in [0.2, 0.25) is 0 Å². The molecule has 2 heterocycles. The van der Waals surface area contributed by atoms with Crippen LogP contribution in [0.25, 0.3) is 5.69 Å². The lowest BCUT2D eigenvalue weighted by Crippen LogP contribution is -2.36. The summed E-state index contributed by atoms with van der Waals surface area (Å²) in [7, 11) is 0. The minimum Gasteiger partial charge on any atom is -0.348 e. The van der Waals surface area contributed by atoms with Crippen LogP contribution in [0.5, 0.6) is 0 Å². The molecule has 0 spiro atoms. The number of nitrogens with one attached hydrogen (secondary N) is 1. The highest BCUT2D eigenvalue weighted by Gasteiger charge is 2.28. The van der Waals surface area contributed by atoms with E-state index in [-0.39, 0.29) is 11.9 Å². The molecular weight excluding hydrogens is 362 g/mol. The molecule has 0 saturated heterocycles. The average molecular weight is 394 g/mol. The predicted molar refractivity (Wildman–Crippen MR) is 112 cm³/mol. The number of carbonyl (C=O) groups is 1. The van der Waals surface area contributed by atoms with Gasteiger partial charge in [0.15, 0.2) is 5.69 Å². The molecule has 1 aromatic carbocycles. The Balaban J connectivity index is 1.36. The highest BCUT2D eigenvalue weighted by atomic mass is 16.2. The van der Waals surface area contributed by atoms with Crippen LogP contribution < -0.4 is 5.32 Å². The summed E-state index contributed by atoms with van der Waals surface area (Å²) in [6, 6.07) is 6.74. The summed E-state index contributed by atoms with van der Waals surface area (Å²) in [5.74, 6) is 0.837. The fraction of sp³-hybridized carbons (Fsp3) is 0.609. The molecule has 2 saturated carbocycles. The molecule has 2 fully saturated rings. The van der Waals surface area contributed by atoms with Crippen molar-refractivity contribution >= 4 is 5.91 Å². The second-order valence-corrected chi connectivity index (χ2v) is 9.09. The SMILES string of the molecule is Cc1c(C(=O)NC2CCCCC2)nnn1-c1cccc2c1CCN(CC1CC1)C2. The van der Waals surface area contributed by atoms with Gasteiger partial charge in [0.05, 0.1) is 11.4 Å². The summed E-state index contributed by atoms with van der Waals surface area (Å²) in [6.45, 7) is 5.31. The molecule has 0 radical (unpaired) electrons. The topological polar surface area (TPSA) is 63.1 Å². The van der Waals surface area contributed by atoms with Crippen LogP contribution >= 0.6 is 0 Å². The van der Waals surface area contributed by atoms with Crippen LogP contribution in [0.1, 0.15) is 72.3 Å². The van der Waals surface area contributed by atoms with Crippen LogP contribution in [0.4, 0.5) is 0 Å². The van der Waals surface area contributed by atoms with Crippen molar-refractivity contribution in [1.82, 2.24) is 25.2 Å². The van der Waals surface area contributed by atoms with Crippen molar-refractivity contribution < 1.29 is 4.79 Å². The van der Waals surface area contributed by atoms with E-state index in [0.29, 0.717) is 5.69 Å². The molecule has 6 nitrogen and oxygen atoms in total. The Kier molecular flexibility index (Phi) is 5.12. The summed E-state index contributed by atoms with van der Waals surface area (Å²) in [5, 5.41) is 11.8. The molecule has 154 valence electrons. The van der Waals surface area contributed by atoms with Crippen LogP contribution in [0.3, 0.4) is 0 Å². The van der Waals surface area contributed by atoms with Crippen molar-refractivity contribution in [2.75, 3.05) is 13.1 Å². The Morgan fingerprint density at radius 3 is 2.79 bits per heavy atom. The first-order chi connectivity index (χ1) is 14.2. The second kappa shape index (κ2) is 7.90. The Hall–Kier alpha value is -2.21. The Labute approximate surface area is 172 Å². The maximum atomic E-state index is 12.8.